The largest absolute Gasteiger partial charge is 0.501 e. The van der Waals surface area contributed by atoms with Crippen LogP contribution in [0.15, 0.2) is 162 Å². The molecule has 0 N–H and O–H groups in total. The third-order valence-corrected chi connectivity index (χ3v) is 12.2. The molecule has 0 unspecified atom stereocenters. The maximum absolute atomic E-state index is 12.8. The van der Waals surface area contributed by atoms with Crippen LogP contribution in [0.1, 0.15) is 109 Å². The molecule has 69 heavy (non-hydrogen) atoms. The molecular formula is C63H60FIrN3O-2. The van der Waals surface area contributed by atoms with E-state index in [4.69, 9.17) is 14.9 Å². The van der Waals surface area contributed by atoms with Crippen molar-refractivity contribution in [3.8, 4) is 50.6 Å². The monoisotopic (exact) mass is 1090 g/mol. The Labute approximate surface area is 426 Å². The number of furan rings is 1. The van der Waals surface area contributed by atoms with Gasteiger partial charge in [-0.2, -0.15) is 0 Å². The zero-order valence-electron chi connectivity index (χ0n) is 45.0. The summed E-state index contributed by atoms with van der Waals surface area (Å²) in [6.07, 6.45) is 0.155. The van der Waals surface area contributed by atoms with Crippen molar-refractivity contribution in [1.29, 1.82) is 0 Å². The first-order valence-corrected chi connectivity index (χ1v) is 23.5. The summed E-state index contributed by atoms with van der Waals surface area (Å²) in [6.45, 7) is 20.7. The van der Waals surface area contributed by atoms with E-state index < -0.39 is 11.8 Å². The van der Waals surface area contributed by atoms with Gasteiger partial charge in [-0.05, 0) is 110 Å². The Morgan fingerprint density at radius 1 is 0.710 bits per heavy atom. The maximum Gasteiger partial charge on any atom is 0.121 e. The van der Waals surface area contributed by atoms with Crippen molar-refractivity contribution in [2.75, 3.05) is 0 Å². The van der Waals surface area contributed by atoms with Gasteiger partial charge in [-0.1, -0.05) is 171 Å². The summed E-state index contributed by atoms with van der Waals surface area (Å²) in [5.74, 6) is 0.588. The van der Waals surface area contributed by atoms with Crippen LogP contribution in [-0.2, 0) is 31.9 Å². The molecule has 351 valence electrons. The molecule has 0 fully saturated rings. The Morgan fingerprint density at radius 3 is 2.03 bits per heavy atom. The van der Waals surface area contributed by atoms with Crippen molar-refractivity contribution in [1.82, 2.24) is 14.5 Å². The van der Waals surface area contributed by atoms with Crippen LogP contribution in [0.5, 0.6) is 0 Å². The number of pyridine rings is 1. The fourth-order valence-electron chi connectivity index (χ4n) is 8.72. The van der Waals surface area contributed by atoms with Gasteiger partial charge in [0.15, 0.2) is 0 Å². The first-order chi connectivity index (χ1) is 34.1. The molecule has 6 heteroatoms. The van der Waals surface area contributed by atoms with E-state index in [-0.39, 0.29) is 55.3 Å². The van der Waals surface area contributed by atoms with Crippen LogP contribution in [0, 0.1) is 23.4 Å². The minimum absolute atomic E-state index is 0. The second-order valence-corrected chi connectivity index (χ2v) is 20.2. The second-order valence-electron chi connectivity index (χ2n) is 20.2. The predicted octanol–water partition coefficient (Wildman–Crippen LogP) is 17.5. The number of aromatic nitrogens is 3. The predicted molar refractivity (Wildman–Crippen MR) is 282 cm³/mol. The number of hydrogen-bond acceptors (Lipinski definition) is 3. The van der Waals surface area contributed by atoms with Gasteiger partial charge in [-0.15, -0.1) is 48.0 Å². The van der Waals surface area contributed by atoms with Crippen molar-refractivity contribution in [3.63, 3.8) is 0 Å². The van der Waals surface area contributed by atoms with Gasteiger partial charge in [0.1, 0.15) is 5.58 Å². The van der Waals surface area contributed by atoms with E-state index >= 15 is 0 Å². The van der Waals surface area contributed by atoms with Crippen LogP contribution in [0.25, 0.3) is 83.6 Å². The molecular weight excluding hydrogens is 1030 g/mol. The SMILES string of the molecule is CC(C)(C)c1ccc(-c2[c-]cc(F)cc2)nc1.[2H]c1cc(C([2H])([2H])C(C)(C)C)cc([2H])c1-c1cc(C(C)C)c(-n2c(-c3[c-]ccc4c3oc3cc(-c5ccccc5)ccc34)nc3ccccc32)c(C(C)C)c1.[Ir]. The third-order valence-electron chi connectivity index (χ3n) is 12.2. The Bertz CT molecular complexity index is 3550. The molecule has 0 aliphatic carbocycles. The number of hydrogen-bond donors (Lipinski definition) is 0. The quantitative estimate of drug-likeness (QED) is 0.142. The smallest absolute Gasteiger partial charge is 0.121 e. The summed E-state index contributed by atoms with van der Waals surface area (Å²) in [5, 5.41) is 2.03. The minimum atomic E-state index is -1.71. The van der Waals surface area contributed by atoms with E-state index in [0.717, 1.165) is 89.1 Å². The van der Waals surface area contributed by atoms with Crippen molar-refractivity contribution in [2.45, 2.75) is 92.9 Å². The summed E-state index contributed by atoms with van der Waals surface area (Å²) in [4.78, 5) is 9.67. The summed E-state index contributed by atoms with van der Waals surface area (Å²) in [6, 6.07) is 51.5. The van der Waals surface area contributed by atoms with Gasteiger partial charge < -0.3 is 14.0 Å². The molecule has 0 atom stereocenters. The number of benzene rings is 7. The van der Waals surface area contributed by atoms with Crippen LogP contribution in [0.2, 0.25) is 0 Å². The van der Waals surface area contributed by atoms with Gasteiger partial charge in [0.25, 0.3) is 0 Å². The molecule has 0 aliphatic heterocycles. The number of para-hydroxylation sites is 2. The van der Waals surface area contributed by atoms with E-state index in [0.29, 0.717) is 11.1 Å². The molecule has 10 aromatic rings. The van der Waals surface area contributed by atoms with Crippen LogP contribution in [0.3, 0.4) is 0 Å². The summed E-state index contributed by atoms with van der Waals surface area (Å²) in [7, 11) is 0. The number of imidazole rings is 1. The molecule has 4 nitrogen and oxygen atoms in total. The first kappa shape index (κ1) is 43.8. The standard InChI is InChI=1S/C48H45N2O.C15H15FN.Ir/c1-30(2)40-26-36(34-22-20-32(21-23-34)29-48(5,6)7)27-41(31(3)4)45(40)50-43-19-12-11-18-42(43)49-47(50)39-17-13-16-38-37-25-24-35(28-44(37)51-46(38)39)33-14-9-8-10-15-33;1-15(2,3)12-6-9-14(17-10-12)11-4-7-13(16)8-5-11;/h8-16,18-28,30-31H,29H2,1-7H3;4,6-10H,1-3H3;/q2*-1;/i22D,23D,29D2;;. The van der Waals surface area contributed by atoms with Crippen LogP contribution in [0.4, 0.5) is 4.39 Å². The van der Waals surface area contributed by atoms with Crippen LogP contribution in [-0.4, -0.2) is 14.5 Å². The topological polar surface area (TPSA) is 43.9 Å². The fourth-order valence-corrected chi connectivity index (χ4v) is 8.72. The van der Waals surface area contributed by atoms with E-state index in [1.54, 1.807) is 18.2 Å². The van der Waals surface area contributed by atoms with Crippen LogP contribution < -0.4 is 0 Å². The molecule has 0 bridgehead atoms. The molecule has 0 amide bonds. The molecule has 3 heterocycles. The number of fused-ring (bicyclic) bond motifs is 4. The molecule has 10 rings (SSSR count). The second kappa shape index (κ2) is 19.9. The Kier molecular flexibility index (Phi) is 12.6. The van der Waals surface area contributed by atoms with E-state index in [1.165, 1.54) is 17.7 Å². The average Bonchev–Trinajstić information content (AvgIpc) is 3.92. The number of halogens is 1. The molecule has 7 aromatic carbocycles. The van der Waals surface area contributed by atoms with E-state index in [1.807, 2.05) is 75.5 Å². The van der Waals surface area contributed by atoms with E-state index in [9.17, 15) is 4.39 Å². The van der Waals surface area contributed by atoms with Crippen molar-refractivity contribution in [3.05, 3.63) is 198 Å². The van der Waals surface area contributed by atoms with Gasteiger partial charge in [0.05, 0.1) is 25.2 Å². The fraction of sp³-hybridized carbons (Fsp3) is 0.238. The van der Waals surface area contributed by atoms with Crippen molar-refractivity contribution < 1.29 is 34.4 Å². The zero-order valence-corrected chi connectivity index (χ0v) is 43.4. The molecule has 0 saturated carbocycles. The maximum atomic E-state index is 12.8. The summed E-state index contributed by atoms with van der Waals surface area (Å²) < 4.78 is 57.7. The van der Waals surface area contributed by atoms with Gasteiger partial charge in [0.2, 0.25) is 0 Å². The third kappa shape index (κ3) is 10.4. The Morgan fingerprint density at radius 2 is 1.41 bits per heavy atom. The van der Waals surface area contributed by atoms with Crippen LogP contribution >= 0.6 is 0 Å². The molecule has 0 saturated heterocycles. The molecule has 1 radical (unpaired) electrons. The number of rotatable bonds is 8. The summed E-state index contributed by atoms with van der Waals surface area (Å²) >= 11 is 0. The van der Waals surface area contributed by atoms with Gasteiger partial charge >= 0.3 is 0 Å². The molecule has 0 spiro atoms. The van der Waals surface area contributed by atoms with E-state index in [2.05, 4.69) is 131 Å². The molecule has 3 aromatic heterocycles. The van der Waals surface area contributed by atoms with Crippen molar-refractivity contribution >= 4 is 33.0 Å². The Balaban J connectivity index is 0.000000335. The van der Waals surface area contributed by atoms with Gasteiger partial charge in [0, 0.05) is 45.9 Å². The van der Waals surface area contributed by atoms with Gasteiger partial charge in [-0.25, -0.2) is 0 Å². The van der Waals surface area contributed by atoms with Crippen molar-refractivity contribution in [2.24, 2.45) is 5.41 Å². The zero-order chi connectivity index (χ0) is 51.4. The minimum Gasteiger partial charge on any atom is -0.501 e. The Hall–Kier alpha value is -6.46. The average molecular weight is 1090 g/mol. The number of nitrogens with zero attached hydrogens (tertiary/aromatic N) is 3. The first-order valence-electron chi connectivity index (χ1n) is 25.5. The normalized spacial score (nSPS) is 12.9. The van der Waals surface area contributed by atoms with Gasteiger partial charge in [-0.3, -0.25) is 9.37 Å². The summed E-state index contributed by atoms with van der Waals surface area (Å²) in [5.41, 5.74) is 13.3. The molecule has 0 aliphatic rings.